The molecule has 0 aliphatic carbocycles. The Balaban J connectivity index is 1.77. The standard InChI is InChI=1S/C20H16FN3O2/c1-13-7-2-4-9-15(13)23-19(25)17-11-6-12-18(22-17)20(26)24-16-10-5-3-8-14(16)21/h2-12H,1H3,(H,23,25)(H,24,26). The summed E-state index contributed by atoms with van der Waals surface area (Å²) < 4.78 is 13.7. The van der Waals surface area contributed by atoms with Gasteiger partial charge >= 0.3 is 0 Å². The van der Waals surface area contributed by atoms with E-state index in [1.54, 1.807) is 18.2 Å². The predicted octanol–water partition coefficient (Wildman–Crippen LogP) is 4.03. The maximum absolute atomic E-state index is 13.7. The van der Waals surface area contributed by atoms with Crippen LogP contribution in [-0.4, -0.2) is 16.8 Å². The molecule has 0 radical (unpaired) electrons. The fourth-order valence-electron chi connectivity index (χ4n) is 2.34. The maximum Gasteiger partial charge on any atom is 0.274 e. The Bertz CT molecular complexity index is 898. The summed E-state index contributed by atoms with van der Waals surface area (Å²) in [5.74, 6) is -1.57. The molecule has 1 aromatic heterocycles. The summed E-state index contributed by atoms with van der Waals surface area (Å²) in [6.45, 7) is 1.88. The third-order valence-electron chi connectivity index (χ3n) is 3.73. The van der Waals surface area contributed by atoms with Crippen LogP contribution in [0.1, 0.15) is 26.5 Å². The van der Waals surface area contributed by atoms with Crippen LogP contribution in [0, 0.1) is 12.7 Å². The van der Waals surface area contributed by atoms with Gasteiger partial charge in [0.25, 0.3) is 11.8 Å². The van der Waals surface area contributed by atoms with Gasteiger partial charge in [0, 0.05) is 5.69 Å². The number of aryl methyl sites for hydroxylation is 1. The summed E-state index contributed by atoms with van der Waals surface area (Å²) in [6, 6.07) is 17.7. The van der Waals surface area contributed by atoms with Crippen LogP contribution in [0.25, 0.3) is 0 Å². The van der Waals surface area contributed by atoms with Gasteiger partial charge in [-0.2, -0.15) is 0 Å². The maximum atomic E-state index is 13.7. The van der Waals surface area contributed by atoms with E-state index in [9.17, 15) is 14.0 Å². The number of pyridine rings is 1. The fraction of sp³-hybridized carbons (Fsp3) is 0.0500. The van der Waals surface area contributed by atoms with E-state index in [4.69, 9.17) is 0 Å². The van der Waals surface area contributed by atoms with E-state index in [0.717, 1.165) is 5.56 Å². The van der Waals surface area contributed by atoms with Crippen LogP contribution in [0.4, 0.5) is 15.8 Å². The normalized spacial score (nSPS) is 10.2. The van der Waals surface area contributed by atoms with Crippen LogP contribution in [0.2, 0.25) is 0 Å². The lowest BCUT2D eigenvalue weighted by atomic mass is 10.2. The number of hydrogen-bond donors (Lipinski definition) is 2. The van der Waals surface area contributed by atoms with Crippen molar-refractivity contribution in [2.75, 3.05) is 10.6 Å². The molecule has 0 bridgehead atoms. The number of amides is 2. The number of nitrogens with zero attached hydrogens (tertiary/aromatic N) is 1. The molecule has 0 aliphatic heterocycles. The van der Waals surface area contributed by atoms with Crippen LogP contribution in [0.15, 0.2) is 66.7 Å². The lowest BCUT2D eigenvalue weighted by Crippen LogP contribution is -2.19. The van der Waals surface area contributed by atoms with Gasteiger partial charge in [-0.05, 0) is 42.8 Å². The topological polar surface area (TPSA) is 71.1 Å². The van der Waals surface area contributed by atoms with E-state index in [0.29, 0.717) is 5.69 Å². The Labute approximate surface area is 149 Å². The van der Waals surface area contributed by atoms with Crippen LogP contribution in [0.3, 0.4) is 0 Å². The molecule has 3 rings (SSSR count). The van der Waals surface area contributed by atoms with Gasteiger partial charge in [0.2, 0.25) is 0 Å². The smallest absolute Gasteiger partial charge is 0.274 e. The Morgan fingerprint density at radius 3 is 1.92 bits per heavy atom. The molecule has 2 aromatic carbocycles. The number of anilines is 2. The number of aromatic nitrogens is 1. The van der Waals surface area contributed by atoms with Crippen molar-refractivity contribution < 1.29 is 14.0 Å². The lowest BCUT2D eigenvalue weighted by Gasteiger charge is -2.09. The number of para-hydroxylation sites is 2. The van der Waals surface area contributed by atoms with Gasteiger partial charge in [-0.25, -0.2) is 9.37 Å². The molecular weight excluding hydrogens is 333 g/mol. The molecule has 3 aromatic rings. The van der Waals surface area contributed by atoms with Gasteiger partial charge in [0.1, 0.15) is 17.2 Å². The molecule has 5 nitrogen and oxygen atoms in total. The molecule has 6 heteroatoms. The molecule has 0 aliphatic rings. The van der Waals surface area contributed by atoms with E-state index >= 15 is 0 Å². The molecule has 26 heavy (non-hydrogen) atoms. The van der Waals surface area contributed by atoms with E-state index in [1.165, 1.54) is 30.3 Å². The van der Waals surface area contributed by atoms with Crippen LogP contribution < -0.4 is 10.6 Å². The Kier molecular flexibility index (Phi) is 5.03. The zero-order valence-corrected chi connectivity index (χ0v) is 14.0. The zero-order chi connectivity index (χ0) is 18.5. The molecule has 0 fully saturated rings. The van der Waals surface area contributed by atoms with Crippen LogP contribution in [0.5, 0.6) is 0 Å². The summed E-state index contributed by atoms with van der Waals surface area (Å²) in [5, 5.41) is 5.20. The molecule has 0 spiro atoms. The number of carbonyl (C=O) groups excluding carboxylic acids is 2. The van der Waals surface area contributed by atoms with Crippen molar-refractivity contribution in [3.63, 3.8) is 0 Å². The van der Waals surface area contributed by atoms with Crippen molar-refractivity contribution in [3.8, 4) is 0 Å². The molecule has 0 unspecified atom stereocenters. The molecule has 2 amide bonds. The van der Waals surface area contributed by atoms with Gasteiger partial charge in [-0.15, -0.1) is 0 Å². The highest BCUT2D eigenvalue weighted by atomic mass is 19.1. The largest absolute Gasteiger partial charge is 0.320 e. The van der Waals surface area contributed by atoms with Crippen molar-refractivity contribution >= 4 is 23.2 Å². The minimum Gasteiger partial charge on any atom is -0.320 e. The monoisotopic (exact) mass is 349 g/mol. The number of carbonyl (C=O) groups is 2. The molecule has 0 saturated carbocycles. The second-order valence-corrected chi connectivity index (χ2v) is 5.61. The van der Waals surface area contributed by atoms with Crippen molar-refractivity contribution in [2.24, 2.45) is 0 Å². The third-order valence-corrected chi connectivity index (χ3v) is 3.73. The number of nitrogens with one attached hydrogen (secondary N) is 2. The quantitative estimate of drug-likeness (QED) is 0.747. The van der Waals surface area contributed by atoms with Gasteiger partial charge < -0.3 is 10.6 Å². The average Bonchev–Trinajstić information content (AvgIpc) is 2.65. The minimum absolute atomic E-state index is 0.0192. The first-order valence-corrected chi connectivity index (χ1v) is 7.94. The highest BCUT2D eigenvalue weighted by Crippen LogP contribution is 2.15. The zero-order valence-electron chi connectivity index (χ0n) is 14.0. The highest BCUT2D eigenvalue weighted by molar-refractivity contribution is 6.06. The minimum atomic E-state index is -0.597. The number of benzene rings is 2. The average molecular weight is 349 g/mol. The Morgan fingerprint density at radius 2 is 1.31 bits per heavy atom. The second kappa shape index (κ2) is 7.57. The summed E-state index contributed by atoms with van der Waals surface area (Å²) in [6.07, 6.45) is 0. The molecule has 130 valence electrons. The van der Waals surface area contributed by atoms with Crippen LogP contribution in [-0.2, 0) is 0 Å². The number of halogens is 1. The number of rotatable bonds is 4. The molecule has 1 heterocycles. The lowest BCUT2D eigenvalue weighted by molar-refractivity contribution is 0.101. The summed E-state index contributed by atoms with van der Waals surface area (Å²) >= 11 is 0. The van der Waals surface area contributed by atoms with Crippen molar-refractivity contribution in [1.82, 2.24) is 4.98 Å². The summed E-state index contributed by atoms with van der Waals surface area (Å²) in [5.41, 5.74) is 1.74. The summed E-state index contributed by atoms with van der Waals surface area (Å²) in [7, 11) is 0. The van der Waals surface area contributed by atoms with Gasteiger partial charge in [0.15, 0.2) is 0 Å². The van der Waals surface area contributed by atoms with Crippen molar-refractivity contribution in [2.45, 2.75) is 6.92 Å². The first-order valence-electron chi connectivity index (χ1n) is 7.94. The summed E-state index contributed by atoms with van der Waals surface area (Å²) in [4.78, 5) is 28.7. The SMILES string of the molecule is Cc1ccccc1NC(=O)c1cccc(C(=O)Nc2ccccc2F)n1. The van der Waals surface area contributed by atoms with E-state index in [-0.39, 0.29) is 17.1 Å². The van der Waals surface area contributed by atoms with E-state index in [2.05, 4.69) is 15.6 Å². The van der Waals surface area contributed by atoms with E-state index in [1.807, 2.05) is 25.1 Å². The van der Waals surface area contributed by atoms with Gasteiger partial charge in [0.05, 0.1) is 5.69 Å². The van der Waals surface area contributed by atoms with Crippen LogP contribution >= 0.6 is 0 Å². The number of hydrogen-bond acceptors (Lipinski definition) is 3. The molecule has 2 N–H and O–H groups in total. The Morgan fingerprint density at radius 1 is 0.769 bits per heavy atom. The second-order valence-electron chi connectivity index (χ2n) is 5.61. The molecule has 0 atom stereocenters. The fourth-order valence-corrected chi connectivity index (χ4v) is 2.34. The highest BCUT2D eigenvalue weighted by Gasteiger charge is 2.14. The molecular formula is C20H16FN3O2. The first-order chi connectivity index (χ1) is 12.5. The molecule has 0 saturated heterocycles. The third kappa shape index (κ3) is 3.92. The van der Waals surface area contributed by atoms with Gasteiger partial charge in [-0.1, -0.05) is 36.4 Å². The Hall–Kier alpha value is -3.54. The van der Waals surface area contributed by atoms with E-state index < -0.39 is 17.6 Å². The predicted molar refractivity (Wildman–Crippen MR) is 97.7 cm³/mol. The first kappa shape index (κ1) is 17.3. The van der Waals surface area contributed by atoms with Crippen molar-refractivity contribution in [1.29, 1.82) is 0 Å². The van der Waals surface area contributed by atoms with Gasteiger partial charge in [-0.3, -0.25) is 9.59 Å². The van der Waals surface area contributed by atoms with Crippen molar-refractivity contribution in [3.05, 3.63) is 89.5 Å².